The van der Waals surface area contributed by atoms with E-state index in [-0.39, 0.29) is 30.0 Å². The molecule has 3 fully saturated rings. The zero-order valence-electron chi connectivity index (χ0n) is 13.8. The summed E-state index contributed by atoms with van der Waals surface area (Å²) in [6.45, 7) is 0. The smallest absolute Gasteiger partial charge is 0.309 e. The first-order chi connectivity index (χ1) is 12.0. The fourth-order valence-corrected chi connectivity index (χ4v) is 4.20. The van der Waals surface area contributed by atoms with Crippen LogP contribution in [0.2, 0.25) is 0 Å². The second kappa shape index (κ2) is 6.63. The van der Waals surface area contributed by atoms with Crippen LogP contribution >= 0.6 is 0 Å². The third-order valence-corrected chi connectivity index (χ3v) is 5.77. The summed E-state index contributed by atoms with van der Waals surface area (Å²) in [5, 5.41) is 0. The predicted octanol–water partition coefficient (Wildman–Crippen LogP) is 4.24. The molecule has 1 aromatic carbocycles. The minimum absolute atomic E-state index is 0.0325. The lowest BCUT2D eigenvalue weighted by Gasteiger charge is -2.30. The van der Waals surface area contributed by atoms with Gasteiger partial charge >= 0.3 is 5.97 Å². The van der Waals surface area contributed by atoms with Gasteiger partial charge in [-0.05, 0) is 68.6 Å². The molecule has 4 rings (SSSR count). The van der Waals surface area contributed by atoms with Crippen LogP contribution in [0.15, 0.2) is 12.1 Å². The Morgan fingerprint density at radius 2 is 1.64 bits per heavy atom. The van der Waals surface area contributed by atoms with Gasteiger partial charge in [-0.15, -0.1) is 0 Å². The molecule has 3 unspecified atom stereocenters. The summed E-state index contributed by atoms with van der Waals surface area (Å²) in [6.07, 6.45) is 5.62. The first kappa shape index (κ1) is 16.9. The molecule has 1 saturated heterocycles. The molecule has 2 aliphatic carbocycles. The number of hydrogen-bond donors (Lipinski definition) is 0. The standard InChI is InChI=1S/C19H21F3O3/c20-14-7-12(8-15(21)18(14)22)10-1-4-13(5-2-10)24-19(23)11-3-6-16-17(9-11)25-16/h7-8,10-11,13,16-17H,1-6,9H2. The summed E-state index contributed by atoms with van der Waals surface area (Å²) in [7, 11) is 0. The van der Waals surface area contributed by atoms with Crippen LogP contribution in [-0.4, -0.2) is 24.3 Å². The zero-order chi connectivity index (χ0) is 17.6. The molecule has 0 bridgehead atoms. The van der Waals surface area contributed by atoms with Crippen LogP contribution in [0, 0.1) is 23.4 Å². The fourth-order valence-electron chi connectivity index (χ4n) is 4.20. The van der Waals surface area contributed by atoms with E-state index >= 15 is 0 Å². The van der Waals surface area contributed by atoms with Gasteiger partial charge in [0, 0.05) is 0 Å². The predicted molar refractivity (Wildman–Crippen MR) is 83.4 cm³/mol. The molecule has 0 aromatic heterocycles. The van der Waals surface area contributed by atoms with Crippen molar-refractivity contribution in [3.8, 4) is 0 Å². The van der Waals surface area contributed by atoms with E-state index < -0.39 is 17.5 Å². The maximum Gasteiger partial charge on any atom is 0.309 e. The topological polar surface area (TPSA) is 38.8 Å². The summed E-state index contributed by atoms with van der Waals surface area (Å²) in [4.78, 5) is 12.3. The molecule has 136 valence electrons. The van der Waals surface area contributed by atoms with E-state index in [9.17, 15) is 18.0 Å². The van der Waals surface area contributed by atoms with Crippen molar-refractivity contribution < 1.29 is 27.4 Å². The third kappa shape index (κ3) is 3.54. The molecular weight excluding hydrogens is 333 g/mol. The summed E-state index contributed by atoms with van der Waals surface area (Å²) in [6, 6.07) is 2.15. The minimum atomic E-state index is -1.43. The van der Waals surface area contributed by atoms with E-state index in [1.165, 1.54) is 0 Å². The second-order valence-electron chi connectivity index (χ2n) is 7.43. The molecule has 1 heterocycles. The molecule has 3 nitrogen and oxygen atoms in total. The third-order valence-electron chi connectivity index (χ3n) is 5.77. The van der Waals surface area contributed by atoms with Gasteiger partial charge in [-0.3, -0.25) is 4.79 Å². The SMILES string of the molecule is O=C(OC1CCC(c2cc(F)c(F)c(F)c2)CC1)C1CCC2OC2C1. The van der Waals surface area contributed by atoms with Crippen LogP contribution in [-0.2, 0) is 14.3 Å². The Labute approximate surface area is 144 Å². The number of benzene rings is 1. The van der Waals surface area contributed by atoms with Gasteiger partial charge in [0.2, 0.25) is 0 Å². The molecule has 0 radical (unpaired) electrons. The number of epoxide rings is 1. The molecule has 6 heteroatoms. The molecule has 3 aliphatic rings. The number of hydrogen-bond acceptors (Lipinski definition) is 3. The van der Waals surface area contributed by atoms with Crippen molar-refractivity contribution in [2.75, 3.05) is 0 Å². The lowest BCUT2D eigenvalue weighted by atomic mass is 9.82. The molecule has 1 aliphatic heterocycles. The highest BCUT2D eigenvalue weighted by molar-refractivity contribution is 5.73. The first-order valence-corrected chi connectivity index (χ1v) is 9.01. The van der Waals surface area contributed by atoms with E-state index in [1.54, 1.807) is 0 Å². The van der Waals surface area contributed by atoms with Gasteiger partial charge in [0.05, 0.1) is 18.1 Å². The Hall–Kier alpha value is -1.56. The van der Waals surface area contributed by atoms with Crippen molar-refractivity contribution in [2.24, 2.45) is 5.92 Å². The highest BCUT2D eigenvalue weighted by atomic mass is 19.2. The Bertz CT molecular complexity index is 647. The highest BCUT2D eigenvalue weighted by Crippen LogP contribution is 2.41. The molecular formula is C19H21F3O3. The van der Waals surface area contributed by atoms with Crippen molar-refractivity contribution in [3.05, 3.63) is 35.1 Å². The van der Waals surface area contributed by atoms with Crippen LogP contribution in [0.1, 0.15) is 56.4 Å². The van der Waals surface area contributed by atoms with Crippen molar-refractivity contribution in [1.82, 2.24) is 0 Å². The van der Waals surface area contributed by atoms with Crippen molar-refractivity contribution >= 4 is 5.97 Å². The number of halogens is 3. The summed E-state index contributed by atoms with van der Waals surface area (Å²) in [5.41, 5.74) is 0.477. The van der Waals surface area contributed by atoms with E-state index in [4.69, 9.17) is 9.47 Å². The van der Waals surface area contributed by atoms with E-state index in [0.717, 1.165) is 31.4 Å². The van der Waals surface area contributed by atoms with Gasteiger partial charge in [-0.1, -0.05) is 0 Å². The van der Waals surface area contributed by atoms with Crippen molar-refractivity contribution in [3.63, 3.8) is 0 Å². The van der Waals surface area contributed by atoms with Crippen LogP contribution in [0.4, 0.5) is 13.2 Å². The molecule has 0 spiro atoms. The number of rotatable bonds is 3. The maximum absolute atomic E-state index is 13.4. The minimum Gasteiger partial charge on any atom is -0.462 e. The number of esters is 1. The number of fused-ring (bicyclic) bond motifs is 1. The molecule has 25 heavy (non-hydrogen) atoms. The molecule has 1 aromatic rings. The Balaban J connectivity index is 1.30. The maximum atomic E-state index is 13.4. The average Bonchev–Trinajstić information content (AvgIpc) is 3.38. The summed E-state index contributed by atoms with van der Waals surface area (Å²) >= 11 is 0. The number of ether oxygens (including phenoxy) is 2. The van der Waals surface area contributed by atoms with Crippen molar-refractivity contribution in [1.29, 1.82) is 0 Å². The average molecular weight is 354 g/mol. The number of carbonyl (C=O) groups is 1. The van der Waals surface area contributed by atoms with Crippen molar-refractivity contribution in [2.45, 2.75) is 69.2 Å². The lowest BCUT2D eigenvalue weighted by molar-refractivity contribution is -0.156. The van der Waals surface area contributed by atoms with Gasteiger partial charge in [0.1, 0.15) is 6.10 Å². The van der Waals surface area contributed by atoms with Gasteiger partial charge in [-0.25, -0.2) is 13.2 Å². The Morgan fingerprint density at radius 3 is 2.28 bits per heavy atom. The van der Waals surface area contributed by atoms with Gasteiger partial charge in [0.25, 0.3) is 0 Å². The van der Waals surface area contributed by atoms with Crippen LogP contribution in [0.25, 0.3) is 0 Å². The van der Waals surface area contributed by atoms with E-state index in [2.05, 4.69) is 0 Å². The van der Waals surface area contributed by atoms with Crippen LogP contribution < -0.4 is 0 Å². The molecule has 2 saturated carbocycles. The number of carbonyl (C=O) groups excluding carboxylic acids is 1. The van der Waals surface area contributed by atoms with Gasteiger partial charge in [-0.2, -0.15) is 0 Å². The quantitative estimate of drug-likeness (QED) is 0.463. The largest absolute Gasteiger partial charge is 0.462 e. The molecule has 0 N–H and O–H groups in total. The Kier molecular flexibility index (Phi) is 4.48. The Morgan fingerprint density at radius 1 is 0.960 bits per heavy atom. The zero-order valence-corrected chi connectivity index (χ0v) is 13.8. The van der Waals surface area contributed by atoms with Gasteiger partial charge < -0.3 is 9.47 Å². The highest BCUT2D eigenvalue weighted by Gasteiger charge is 2.46. The normalized spacial score (nSPS) is 34.3. The molecule has 3 atom stereocenters. The van der Waals surface area contributed by atoms with E-state index in [0.29, 0.717) is 37.4 Å². The lowest BCUT2D eigenvalue weighted by Crippen LogP contribution is -2.30. The summed E-state index contributed by atoms with van der Waals surface area (Å²) in [5.74, 6) is -3.98. The van der Waals surface area contributed by atoms with E-state index in [1.807, 2.05) is 0 Å². The monoisotopic (exact) mass is 354 g/mol. The van der Waals surface area contributed by atoms with Gasteiger partial charge in [0.15, 0.2) is 17.5 Å². The molecule has 0 amide bonds. The fraction of sp³-hybridized carbons (Fsp3) is 0.632. The van der Waals surface area contributed by atoms with Crippen LogP contribution in [0.3, 0.4) is 0 Å². The first-order valence-electron chi connectivity index (χ1n) is 9.01. The van der Waals surface area contributed by atoms with Crippen LogP contribution in [0.5, 0.6) is 0 Å². The second-order valence-corrected chi connectivity index (χ2v) is 7.43. The summed E-state index contributed by atoms with van der Waals surface area (Å²) < 4.78 is 50.9.